The van der Waals surface area contributed by atoms with E-state index >= 15 is 0 Å². The van der Waals surface area contributed by atoms with Gasteiger partial charge in [-0.15, -0.1) is 12.4 Å². The standard InChI is InChI=1S/C19H25Cl2N3O2.ClH/c20-16-4-3-13(9-17(16)21)10-18(25)24-8-5-14(19(22)26)11-15(24)12-23-6-1-2-7-23;/h3-4,9,14-15H,1-2,5-8,10-12H2,(H2,22,26);1H. The average Bonchev–Trinajstić information content (AvgIpc) is 3.11. The van der Waals surface area contributed by atoms with E-state index in [1.54, 1.807) is 12.1 Å². The van der Waals surface area contributed by atoms with Crippen LogP contribution in [-0.4, -0.2) is 53.8 Å². The second-order valence-corrected chi connectivity index (χ2v) is 8.11. The van der Waals surface area contributed by atoms with Gasteiger partial charge in [0.25, 0.3) is 0 Å². The van der Waals surface area contributed by atoms with E-state index in [1.807, 2.05) is 11.0 Å². The number of halogens is 3. The zero-order chi connectivity index (χ0) is 18.7. The molecule has 1 aromatic rings. The molecule has 1 aromatic carbocycles. The lowest BCUT2D eigenvalue weighted by atomic mass is 9.89. The third kappa shape index (κ3) is 5.74. The van der Waals surface area contributed by atoms with E-state index in [0.717, 1.165) is 25.2 Å². The summed E-state index contributed by atoms with van der Waals surface area (Å²) in [4.78, 5) is 28.9. The van der Waals surface area contributed by atoms with Gasteiger partial charge in [-0.05, 0) is 56.5 Å². The van der Waals surface area contributed by atoms with Crippen LogP contribution in [0, 0.1) is 5.92 Å². The number of likely N-dealkylation sites (tertiary alicyclic amines) is 2. The van der Waals surface area contributed by atoms with Crippen molar-refractivity contribution in [3.63, 3.8) is 0 Å². The monoisotopic (exact) mass is 433 g/mol. The van der Waals surface area contributed by atoms with Crippen LogP contribution in [-0.2, 0) is 16.0 Å². The van der Waals surface area contributed by atoms with Crippen LogP contribution >= 0.6 is 35.6 Å². The van der Waals surface area contributed by atoms with E-state index in [1.165, 1.54) is 12.8 Å². The van der Waals surface area contributed by atoms with Crippen LogP contribution in [0.15, 0.2) is 18.2 Å². The quantitative estimate of drug-likeness (QED) is 0.774. The Balaban J connectivity index is 0.00000261. The Labute approximate surface area is 176 Å². The van der Waals surface area contributed by atoms with Crippen molar-refractivity contribution in [2.75, 3.05) is 26.2 Å². The van der Waals surface area contributed by atoms with Crippen molar-refractivity contribution in [1.29, 1.82) is 0 Å². The molecule has 27 heavy (non-hydrogen) atoms. The number of nitrogens with two attached hydrogens (primary N) is 1. The second kappa shape index (κ2) is 9.97. The minimum atomic E-state index is -0.256. The first-order valence-corrected chi connectivity index (χ1v) is 9.94. The lowest BCUT2D eigenvalue weighted by Gasteiger charge is -2.40. The van der Waals surface area contributed by atoms with Crippen LogP contribution < -0.4 is 5.73 Å². The molecule has 2 amide bonds. The second-order valence-electron chi connectivity index (χ2n) is 7.30. The van der Waals surface area contributed by atoms with Crippen molar-refractivity contribution in [2.45, 2.75) is 38.1 Å². The van der Waals surface area contributed by atoms with Crippen LogP contribution in [0.5, 0.6) is 0 Å². The summed E-state index contributed by atoms with van der Waals surface area (Å²) in [6.07, 6.45) is 3.97. The molecule has 0 aromatic heterocycles. The first-order chi connectivity index (χ1) is 12.4. The molecule has 3 rings (SSSR count). The molecular weight excluding hydrogens is 409 g/mol. The number of amides is 2. The fourth-order valence-corrected chi connectivity index (χ4v) is 4.32. The van der Waals surface area contributed by atoms with Gasteiger partial charge in [0.2, 0.25) is 11.8 Å². The third-order valence-electron chi connectivity index (χ3n) is 5.45. The summed E-state index contributed by atoms with van der Waals surface area (Å²) in [5.74, 6) is -0.333. The van der Waals surface area contributed by atoms with Gasteiger partial charge in [-0.3, -0.25) is 9.59 Å². The van der Waals surface area contributed by atoms with Gasteiger partial charge in [0.05, 0.1) is 16.5 Å². The fraction of sp³-hybridized carbons (Fsp3) is 0.579. The molecule has 0 saturated carbocycles. The maximum Gasteiger partial charge on any atom is 0.227 e. The van der Waals surface area contributed by atoms with Gasteiger partial charge >= 0.3 is 0 Å². The first kappa shape index (κ1) is 22.3. The van der Waals surface area contributed by atoms with Crippen molar-refractivity contribution in [3.05, 3.63) is 33.8 Å². The van der Waals surface area contributed by atoms with Crippen molar-refractivity contribution >= 4 is 47.4 Å². The third-order valence-corrected chi connectivity index (χ3v) is 6.18. The predicted octanol–water partition coefficient (Wildman–Crippen LogP) is 3.15. The van der Waals surface area contributed by atoms with Gasteiger partial charge in [-0.1, -0.05) is 29.3 Å². The van der Waals surface area contributed by atoms with E-state index in [2.05, 4.69) is 4.90 Å². The summed E-state index contributed by atoms with van der Waals surface area (Å²) in [5.41, 5.74) is 6.38. The van der Waals surface area contributed by atoms with Crippen LogP contribution in [0.1, 0.15) is 31.2 Å². The van der Waals surface area contributed by atoms with Crippen molar-refractivity contribution in [3.8, 4) is 0 Å². The summed E-state index contributed by atoms with van der Waals surface area (Å²) < 4.78 is 0. The molecular formula is C19H26Cl3N3O2. The highest BCUT2D eigenvalue weighted by Gasteiger charge is 2.35. The Morgan fingerprint density at radius 3 is 2.44 bits per heavy atom. The summed E-state index contributed by atoms with van der Waals surface area (Å²) in [6, 6.07) is 5.33. The lowest BCUT2D eigenvalue weighted by molar-refractivity contribution is -0.138. The maximum absolute atomic E-state index is 12.9. The van der Waals surface area contributed by atoms with Crippen LogP contribution in [0.2, 0.25) is 10.0 Å². The summed E-state index contributed by atoms with van der Waals surface area (Å²) >= 11 is 12.0. The molecule has 2 fully saturated rings. The van der Waals surface area contributed by atoms with Crippen LogP contribution in [0.3, 0.4) is 0 Å². The number of benzene rings is 1. The summed E-state index contributed by atoms with van der Waals surface area (Å²) in [6.45, 7) is 3.52. The van der Waals surface area contributed by atoms with Crippen LogP contribution in [0.4, 0.5) is 0 Å². The molecule has 5 nitrogen and oxygen atoms in total. The molecule has 0 bridgehead atoms. The fourth-order valence-electron chi connectivity index (χ4n) is 4.00. The number of piperidine rings is 1. The number of hydrogen-bond donors (Lipinski definition) is 1. The predicted molar refractivity (Wildman–Crippen MR) is 111 cm³/mol. The maximum atomic E-state index is 12.9. The zero-order valence-corrected chi connectivity index (χ0v) is 17.5. The van der Waals surface area contributed by atoms with Crippen molar-refractivity contribution in [1.82, 2.24) is 9.80 Å². The molecule has 2 aliphatic heterocycles. The largest absolute Gasteiger partial charge is 0.369 e. The molecule has 2 atom stereocenters. The minimum Gasteiger partial charge on any atom is -0.369 e. The normalized spacial score (nSPS) is 23.1. The van der Waals surface area contributed by atoms with E-state index in [0.29, 0.717) is 29.4 Å². The number of carbonyl (C=O) groups excluding carboxylic acids is 2. The Morgan fingerprint density at radius 1 is 1.11 bits per heavy atom. The average molecular weight is 435 g/mol. The summed E-state index contributed by atoms with van der Waals surface area (Å²) in [7, 11) is 0. The lowest BCUT2D eigenvalue weighted by Crippen LogP contribution is -2.53. The number of carbonyl (C=O) groups is 2. The highest BCUT2D eigenvalue weighted by atomic mass is 35.5. The highest BCUT2D eigenvalue weighted by Crippen LogP contribution is 2.27. The van der Waals surface area contributed by atoms with Gasteiger partial charge < -0.3 is 15.5 Å². The highest BCUT2D eigenvalue weighted by molar-refractivity contribution is 6.42. The SMILES string of the molecule is Cl.NC(=O)C1CCN(C(=O)Cc2ccc(Cl)c(Cl)c2)C(CN2CCCC2)C1. The molecule has 0 spiro atoms. The molecule has 2 saturated heterocycles. The van der Waals surface area contributed by atoms with Gasteiger partial charge in [-0.25, -0.2) is 0 Å². The minimum absolute atomic E-state index is 0. The van der Waals surface area contributed by atoms with Crippen LogP contribution in [0.25, 0.3) is 0 Å². The first-order valence-electron chi connectivity index (χ1n) is 9.19. The Morgan fingerprint density at radius 2 is 1.81 bits per heavy atom. The van der Waals surface area contributed by atoms with Gasteiger partial charge in [0.15, 0.2) is 0 Å². The molecule has 150 valence electrons. The molecule has 2 N–H and O–H groups in total. The Bertz CT molecular complexity index is 680. The molecule has 2 aliphatic rings. The van der Waals surface area contributed by atoms with E-state index < -0.39 is 0 Å². The molecule has 8 heteroatoms. The Hall–Kier alpha value is -1.01. The van der Waals surface area contributed by atoms with Gasteiger partial charge in [-0.2, -0.15) is 0 Å². The number of nitrogens with zero attached hydrogens (tertiary/aromatic N) is 2. The molecule has 0 radical (unpaired) electrons. The van der Waals surface area contributed by atoms with E-state index in [4.69, 9.17) is 28.9 Å². The van der Waals surface area contributed by atoms with E-state index in [-0.39, 0.29) is 42.6 Å². The zero-order valence-electron chi connectivity index (χ0n) is 15.2. The number of primary amides is 1. The number of rotatable bonds is 5. The number of hydrogen-bond acceptors (Lipinski definition) is 3. The summed E-state index contributed by atoms with van der Waals surface area (Å²) in [5, 5.41) is 0.940. The Kier molecular flexibility index (Phi) is 8.22. The van der Waals surface area contributed by atoms with Crippen molar-refractivity contribution < 1.29 is 9.59 Å². The van der Waals surface area contributed by atoms with E-state index in [9.17, 15) is 9.59 Å². The smallest absolute Gasteiger partial charge is 0.227 e. The molecule has 2 unspecified atom stereocenters. The van der Waals surface area contributed by atoms with Crippen molar-refractivity contribution in [2.24, 2.45) is 11.7 Å². The van der Waals surface area contributed by atoms with Gasteiger partial charge in [0.1, 0.15) is 0 Å². The molecule has 2 heterocycles. The van der Waals surface area contributed by atoms with Gasteiger partial charge in [0, 0.05) is 25.0 Å². The topological polar surface area (TPSA) is 66.6 Å². The molecule has 0 aliphatic carbocycles.